The summed E-state index contributed by atoms with van der Waals surface area (Å²) in [4.78, 5) is 21.4. The maximum atomic E-state index is 12.4. The molecule has 6 heteroatoms. The van der Waals surface area contributed by atoms with Gasteiger partial charge in [0.1, 0.15) is 6.07 Å². The molecule has 0 aliphatic heterocycles. The zero-order chi connectivity index (χ0) is 18.6. The van der Waals surface area contributed by atoms with E-state index in [1.54, 1.807) is 12.4 Å². The second-order valence-corrected chi connectivity index (χ2v) is 7.16. The summed E-state index contributed by atoms with van der Waals surface area (Å²) in [6.45, 7) is 0.535. The molecule has 3 aromatic heterocycles. The van der Waals surface area contributed by atoms with Crippen molar-refractivity contribution in [2.24, 2.45) is 0 Å². The number of pyridine rings is 1. The Balaban J connectivity index is 1.39. The number of aromatic amines is 1. The van der Waals surface area contributed by atoms with Gasteiger partial charge in [-0.05, 0) is 48.4 Å². The summed E-state index contributed by atoms with van der Waals surface area (Å²) in [6, 6.07) is 17.6. The number of benzene rings is 1. The van der Waals surface area contributed by atoms with Gasteiger partial charge in [-0.2, -0.15) is 5.26 Å². The standard InChI is InChI=1S/C21H16N4OS/c22-12-15-13-25-17-5-4-14(11-16(15)17)8-10-24-21(26)20-7-6-19(27-20)18-3-1-2-9-23-18/h1-7,9,11,13,25H,8,10H2,(H,24,26). The summed E-state index contributed by atoms with van der Waals surface area (Å²) in [5.41, 5.74) is 3.53. The minimum absolute atomic E-state index is 0.0809. The quantitative estimate of drug-likeness (QED) is 0.552. The lowest BCUT2D eigenvalue weighted by molar-refractivity contribution is 0.0958. The summed E-state index contributed by atoms with van der Waals surface area (Å²) < 4.78 is 0. The number of aromatic nitrogens is 2. The number of thiophene rings is 1. The third-order valence-electron chi connectivity index (χ3n) is 4.31. The fourth-order valence-electron chi connectivity index (χ4n) is 2.93. The third kappa shape index (κ3) is 3.59. The molecule has 0 saturated heterocycles. The van der Waals surface area contributed by atoms with Gasteiger partial charge in [-0.15, -0.1) is 11.3 Å². The van der Waals surface area contributed by atoms with Crippen LogP contribution in [0.1, 0.15) is 20.8 Å². The summed E-state index contributed by atoms with van der Waals surface area (Å²) in [5, 5.41) is 13.0. The van der Waals surface area contributed by atoms with Gasteiger partial charge in [0.25, 0.3) is 5.91 Å². The Morgan fingerprint density at radius 3 is 2.96 bits per heavy atom. The van der Waals surface area contributed by atoms with Crippen LogP contribution in [-0.4, -0.2) is 22.4 Å². The van der Waals surface area contributed by atoms with Crippen LogP contribution in [0.5, 0.6) is 0 Å². The Hall–Kier alpha value is -3.43. The number of carbonyl (C=O) groups excluding carboxylic acids is 1. The second-order valence-electron chi connectivity index (χ2n) is 6.08. The molecule has 1 amide bonds. The average molecular weight is 372 g/mol. The maximum Gasteiger partial charge on any atom is 0.261 e. The van der Waals surface area contributed by atoms with Crippen molar-refractivity contribution >= 4 is 28.1 Å². The van der Waals surface area contributed by atoms with Crippen LogP contribution in [0.15, 0.2) is 60.9 Å². The number of nitriles is 1. The van der Waals surface area contributed by atoms with Crippen LogP contribution in [0, 0.1) is 11.3 Å². The lowest BCUT2D eigenvalue weighted by Crippen LogP contribution is -2.24. The van der Waals surface area contributed by atoms with E-state index in [9.17, 15) is 4.79 Å². The minimum atomic E-state index is -0.0809. The Morgan fingerprint density at radius 2 is 2.15 bits per heavy atom. The van der Waals surface area contributed by atoms with Crippen molar-refractivity contribution in [3.8, 4) is 16.6 Å². The smallest absolute Gasteiger partial charge is 0.261 e. The molecule has 5 nitrogen and oxygen atoms in total. The van der Waals surface area contributed by atoms with E-state index in [4.69, 9.17) is 5.26 Å². The van der Waals surface area contributed by atoms with Gasteiger partial charge in [-0.25, -0.2) is 0 Å². The molecule has 2 N–H and O–H groups in total. The van der Waals surface area contributed by atoms with E-state index >= 15 is 0 Å². The normalized spacial score (nSPS) is 10.6. The molecule has 1 aromatic carbocycles. The first-order chi connectivity index (χ1) is 13.2. The van der Waals surface area contributed by atoms with E-state index in [0.29, 0.717) is 23.4 Å². The Kier molecular flexibility index (Phi) is 4.69. The van der Waals surface area contributed by atoms with Gasteiger partial charge in [0.15, 0.2) is 0 Å². The molecule has 4 aromatic rings. The van der Waals surface area contributed by atoms with Crippen molar-refractivity contribution in [2.45, 2.75) is 6.42 Å². The first-order valence-corrected chi connectivity index (χ1v) is 9.36. The molecule has 0 saturated carbocycles. The van der Waals surface area contributed by atoms with Gasteiger partial charge in [-0.1, -0.05) is 12.1 Å². The molecule has 27 heavy (non-hydrogen) atoms. The van der Waals surface area contributed by atoms with Crippen LogP contribution in [0.25, 0.3) is 21.5 Å². The number of fused-ring (bicyclic) bond motifs is 1. The van der Waals surface area contributed by atoms with Crippen LogP contribution >= 0.6 is 11.3 Å². The van der Waals surface area contributed by atoms with E-state index < -0.39 is 0 Å². The van der Waals surface area contributed by atoms with Crippen LogP contribution in [0.3, 0.4) is 0 Å². The highest BCUT2D eigenvalue weighted by Gasteiger charge is 2.11. The van der Waals surface area contributed by atoms with E-state index in [0.717, 1.165) is 27.0 Å². The van der Waals surface area contributed by atoms with Gasteiger partial charge < -0.3 is 10.3 Å². The fourth-order valence-corrected chi connectivity index (χ4v) is 3.83. The molecular formula is C21H16N4OS. The van der Waals surface area contributed by atoms with Crippen molar-refractivity contribution in [3.63, 3.8) is 0 Å². The second kappa shape index (κ2) is 7.44. The third-order valence-corrected chi connectivity index (χ3v) is 5.42. The molecule has 0 radical (unpaired) electrons. The summed E-state index contributed by atoms with van der Waals surface area (Å²) in [5.74, 6) is -0.0809. The monoisotopic (exact) mass is 372 g/mol. The summed E-state index contributed by atoms with van der Waals surface area (Å²) >= 11 is 1.43. The van der Waals surface area contributed by atoms with E-state index in [-0.39, 0.29) is 5.91 Å². The Bertz CT molecular complexity index is 1140. The zero-order valence-corrected chi connectivity index (χ0v) is 15.2. The van der Waals surface area contributed by atoms with Crippen molar-refractivity contribution in [3.05, 3.63) is 76.9 Å². The number of rotatable bonds is 5. The topological polar surface area (TPSA) is 81.6 Å². The van der Waals surface area contributed by atoms with Crippen LogP contribution in [-0.2, 0) is 6.42 Å². The molecule has 0 bridgehead atoms. The van der Waals surface area contributed by atoms with Crippen molar-refractivity contribution in [1.82, 2.24) is 15.3 Å². The van der Waals surface area contributed by atoms with Crippen molar-refractivity contribution < 1.29 is 4.79 Å². The van der Waals surface area contributed by atoms with Crippen molar-refractivity contribution in [2.75, 3.05) is 6.54 Å². The number of hydrogen-bond donors (Lipinski definition) is 2. The van der Waals surface area contributed by atoms with Gasteiger partial charge >= 0.3 is 0 Å². The highest BCUT2D eigenvalue weighted by atomic mass is 32.1. The lowest BCUT2D eigenvalue weighted by atomic mass is 10.1. The number of H-pyrrole nitrogens is 1. The first kappa shape index (κ1) is 17.0. The van der Waals surface area contributed by atoms with Gasteiger partial charge in [0, 0.05) is 29.8 Å². The Labute approximate surface area is 160 Å². The first-order valence-electron chi connectivity index (χ1n) is 8.54. The molecule has 4 rings (SSSR count). The average Bonchev–Trinajstić information content (AvgIpc) is 3.35. The molecular weight excluding hydrogens is 356 g/mol. The van der Waals surface area contributed by atoms with Crippen LogP contribution in [0.2, 0.25) is 0 Å². The molecule has 0 spiro atoms. The molecule has 0 atom stereocenters. The molecule has 0 aliphatic rings. The fraction of sp³-hybridized carbons (Fsp3) is 0.0952. The van der Waals surface area contributed by atoms with Crippen LogP contribution < -0.4 is 5.32 Å². The van der Waals surface area contributed by atoms with Crippen LogP contribution in [0.4, 0.5) is 0 Å². The van der Waals surface area contributed by atoms with Gasteiger partial charge in [-0.3, -0.25) is 9.78 Å². The number of carbonyl (C=O) groups is 1. The van der Waals surface area contributed by atoms with E-state index in [1.807, 2.05) is 48.5 Å². The highest BCUT2D eigenvalue weighted by Crippen LogP contribution is 2.26. The largest absolute Gasteiger partial charge is 0.360 e. The number of nitrogens with one attached hydrogen (secondary N) is 2. The number of hydrogen-bond acceptors (Lipinski definition) is 4. The predicted octanol–water partition coefficient (Wildman–Crippen LogP) is 4.14. The zero-order valence-electron chi connectivity index (χ0n) is 14.4. The predicted molar refractivity (Wildman–Crippen MR) is 107 cm³/mol. The SMILES string of the molecule is N#Cc1c[nH]c2ccc(CCNC(=O)c3ccc(-c4ccccn4)s3)cc12. The molecule has 0 fully saturated rings. The molecule has 0 unspecified atom stereocenters. The molecule has 3 heterocycles. The minimum Gasteiger partial charge on any atom is -0.360 e. The number of nitrogens with zero attached hydrogens (tertiary/aromatic N) is 2. The van der Waals surface area contributed by atoms with Crippen molar-refractivity contribution in [1.29, 1.82) is 5.26 Å². The highest BCUT2D eigenvalue weighted by molar-refractivity contribution is 7.17. The molecule has 132 valence electrons. The van der Waals surface area contributed by atoms with Gasteiger partial charge in [0.2, 0.25) is 0 Å². The summed E-state index contributed by atoms with van der Waals surface area (Å²) in [7, 11) is 0. The van der Waals surface area contributed by atoms with Gasteiger partial charge in [0.05, 0.1) is 21.0 Å². The van der Waals surface area contributed by atoms with E-state index in [1.165, 1.54) is 11.3 Å². The van der Waals surface area contributed by atoms with E-state index in [2.05, 4.69) is 21.4 Å². The molecule has 0 aliphatic carbocycles. The maximum absolute atomic E-state index is 12.4. The Morgan fingerprint density at radius 1 is 1.22 bits per heavy atom. The number of amides is 1. The lowest BCUT2D eigenvalue weighted by Gasteiger charge is -2.04. The summed E-state index contributed by atoms with van der Waals surface area (Å²) in [6.07, 6.45) is 4.16.